The summed E-state index contributed by atoms with van der Waals surface area (Å²) in [4.78, 5) is 4.37. The third-order valence-corrected chi connectivity index (χ3v) is 3.08. The quantitative estimate of drug-likeness (QED) is 0.865. The monoisotopic (exact) mass is 270 g/mol. The van der Waals surface area contributed by atoms with Crippen molar-refractivity contribution in [3.05, 3.63) is 47.5 Å². The first-order valence-corrected chi connectivity index (χ1v) is 6.49. The highest BCUT2D eigenvalue weighted by molar-refractivity contribution is 5.42. The van der Waals surface area contributed by atoms with Crippen LogP contribution in [0.15, 0.2) is 30.7 Å². The van der Waals surface area contributed by atoms with Gasteiger partial charge in [-0.3, -0.25) is 0 Å². The van der Waals surface area contributed by atoms with Crippen LogP contribution in [-0.2, 0) is 13.0 Å². The summed E-state index contributed by atoms with van der Waals surface area (Å²) in [5.74, 6) is 0.787. The first kappa shape index (κ1) is 14.1. The van der Waals surface area contributed by atoms with Crippen molar-refractivity contribution in [2.24, 2.45) is 0 Å². The second kappa shape index (κ2) is 6.73. The van der Waals surface area contributed by atoms with Crippen LogP contribution in [-0.4, -0.2) is 30.3 Å². The Balaban J connectivity index is 2.16. The van der Waals surface area contributed by atoms with Gasteiger partial charge in [0.1, 0.15) is 5.75 Å². The number of nitrogens with zero attached hydrogens (tertiary/aromatic N) is 3. The van der Waals surface area contributed by atoms with Crippen LogP contribution in [0.1, 0.15) is 16.8 Å². The van der Waals surface area contributed by atoms with Crippen LogP contribution in [0.4, 0.5) is 0 Å². The molecule has 1 heterocycles. The minimum atomic E-state index is 0.635. The molecular weight excluding hydrogens is 252 g/mol. The highest BCUT2D eigenvalue weighted by Crippen LogP contribution is 2.20. The lowest BCUT2D eigenvalue weighted by molar-refractivity contribution is 0.408. The van der Waals surface area contributed by atoms with E-state index in [0.29, 0.717) is 12.1 Å². The molecule has 0 aliphatic carbocycles. The van der Waals surface area contributed by atoms with Crippen molar-refractivity contribution in [2.45, 2.75) is 13.0 Å². The second-order valence-electron chi connectivity index (χ2n) is 4.53. The van der Waals surface area contributed by atoms with E-state index in [9.17, 15) is 0 Å². The molecule has 5 heteroatoms. The third-order valence-electron chi connectivity index (χ3n) is 3.08. The Bertz CT molecular complexity index is 613. The molecule has 20 heavy (non-hydrogen) atoms. The Hall–Kier alpha value is -2.32. The molecule has 1 N–H and O–H groups in total. The van der Waals surface area contributed by atoms with Gasteiger partial charge in [-0.15, -0.1) is 0 Å². The number of ether oxygens (including phenoxy) is 1. The smallest absolute Gasteiger partial charge is 0.123 e. The van der Waals surface area contributed by atoms with Gasteiger partial charge in [0.05, 0.1) is 37.3 Å². The molecule has 0 saturated carbocycles. The fourth-order valence-corrected chi connectivity index (χ4v) is 2.04. The summed E-state index contributed by atoms with van der Waals surface area (Å²) in [7, 11) is 3.56. The Morgan fingerprint density at radius 1 is 1.45 bits per heavy atom. The van der Waals surface area contributed by atoms with Crippen molar-refractivity contribution in [3.63, 3.8) is 0 Å². The summed E-state index contributed by atoms with van der Waals surface area (Å²) in [6.07, 6.45) is 4.73. The molecule has 0 spiro atoms. The average Bonchev–Trinajstić information content (AvgIpc) is 2.92. The number of likely N-dealkylation sites (N-methyl/N-ethyl adjacent to an activating group) is 1. The number of hydrogen-bond donors (Lipinski definition) is 1. The third kappa shape index (κ3) is 3.37. The van der Waals surface area contributed by atoms with Gasteiger partial charge in [0, 0.05) is 24.7 Å². The number of aromatic nitrogens is 2. The lowest BCUT2D eigenvalue weighted by Crippen LogP contribution is -2.10. The maximum atomic E-state index is 8.98. The molecule has 1 aromatic carbocycles. The van der Waals surface area contributed by atoms with Crippen LogP contribution in [0, 0.1) is 11.3 Å². The highest BCUT2D eigenvalue weighted by atomic mass is 16.5. The number of nitriles is 1. The topological polar surface area (TPSA) is 62.9 Å². The van der Waals surface area contributed by atoms with Gasteiger partial charge < -0.3 is 14.6 Å². The molecule has 2 aromatic rings. The summed E-state index contributed by atoms with van der Waals surface area (Å²) in [6.45, 7) is 1.55. The standard InChI is InChI=1S/C15H18N4O/c1-17-6-5-14-10-19(11-18-14)9-13-7-12(8-16)3-4-15(13)20-2/h3-4,7,10-11,17H,5-6,9H2,1-2H3. The lowest BCUT2D eigenvalue weighted by atomic mass is 10.1. The van der Waals surface area contributed by atoms with Gasteiger partial charge in [0.2, 0.25) is 0 Å². The maximum Gasteiger partial charge on any atom is 0.123 e. The van der Waals surface area contributed by atoms with Crippen LogP contribution >= 0.6 is 0 Å². The molecule has 5 nitrogen and oxygen atoms in total. The zero-order valence-corrected chi connectivity index (χ0v) is 11.8. The van der Waals surface area contributed by atoms with Crippen LogP contribution in [0.25, 0.3) is 0 Å². The molecule has 0 atom stereocenters. The molecule has 0 unspecified atom stereocenters. The van der Waals surface area contributed by atoms with Gasteiger partial charge in [-0.25, -0.2) is 4.98 Å². The molecule has 0 fully saturated rings. The predicted molar refractivity (Wildman–Crippen MR) is 76.7 cm³/mol. The van der Waals surface area contributed by atoms with Gasteiger partial charge in [-0.1, -0.05) is 0 Å². The largest absolute Gasteiger partial charge is 0.496 e. The summed E-state index contributed by atoms with van der Waals surface area (Å²) in [5, 5.41) is 12.1. The second-order valence-corrected chi connectivity index (χ2v) is 4.53. The molecule has 0 amide bonds. The fraction of sp³-hybridized carbons (Fsp3) is 0.333. The zero-order valence-electron chi connectivity index (χ0n) is 11.8. The normalized spacial score (nSPS) is 10.2. The Morgan fingerprint density at radius 3 is 3.00 bits per heavy atom. The Kier molecular flexibility index (Phi) is 4.75. The number of methoxy groups -OCH3 is 1. The lowest BCUT2D eigenvalue weighted by Gasteiger charge is -2.09. The van der Waals surface area contributed by atoms with E-state index in [0.717, 1.165) is 30.0 Å². The van der Waals surface area contributed by atoms with E-state index in [1.54, 1.807) is 13.2 Å². The summed E-state index contributed by atoms with van der Waals surface area (Å²) in [6, 6.07) is 7.59. The molecule has 0 radical (unpaired) electrons. The zero-order chi connectivity index (χ0) is 14.4. The molecule has 104 valence electrons. The van der Waals surface area contributed by atoms with E-state index in [2.05, 4.69) is 16.4 Å². The molecule has 2 rings (SSSR count). The van der Waals surface area contributed by atoms with Crippen molar-refractivity contribution in [2.75, 3.05) is 20.7 Å². The van der Waals surface area contributed by atoms with Crippen molar-refractivity contribution in [1.29, 1.82) is 5.26 Å². The van der Waals surface area contributed by atoms with E-state index in [1.807, 2.05) is 36.3 Å². The average molecular weight is 270 g/mol. The van der Waals surface area contributed by atoms with Gasteiger partial charge >= 0.3 is 0 Å². The first-order chi connectivity index (χ1) is 9.76. The number of nitrogens with one attached hydrogen (secondary N) is 1. The summed E-state index contributed by atoms with van der Waals surface area (Å²) < 4.78 is 7.34. The van der Waals surface area contributed by atoms with E-state index >= 15 is 0 Å². The minimum absolute atomic E-state index is 0.635. The van der Waals surface area contributed by atoms with Crippen LogP contribution < -0.4 is 10.1 Å². The fourth-order valence-electron chi connectivity index (χ4n) is 2.04. The van der Waals surface area contributed by atoms with E-state index in [-0.39, 0.29) is 0 Å². The Morgan fingerprint density at radius 2 is 2.30 bits per heavy atom. The first-order valence-electron chi connectivity index (χ1n) is 6.49. The number of rotatable bonds is 6. The van der Waals surface area contributed by atoms with Crippen LogP contribution in [0.5, 0.6) is 5.75 Å². The highest BCUT2D eigenvalue weighted by Gasteiger charge is 2.06. The molecule has 0 saturated heterocycles. The van der Waals surface area contributed by atoms with E-state index in [4.69, 9.17) is 10.00 Å². The summed E-state index contributed by atoms with van der Waals surface area (Å²) >= 11 is 0. The maximum absolute atomic E-state index is 8.98. The number of imidazole rings is 1. The molecular formula is C15H18N4O. The van der Waals surface area contributed by atoms with Gasteiger partial charge in [-0.05, 0) is 25.2 Å². The SMILES string of the molecule is CNCCc1cn(Cc2cc(C#N)ccc2OC)cn1. The molecule has 0 bridgehead atoms. The van der Waals surface area contributed by atoms with Crippen LogP contribution in [0.2, 0.25) is 0 Å². The number of hydrogen-bond acceptors (Lipinski definition) is 4. The van der Waals surface area contributed by atoms with E-state index < -0.39 is 0 Å². The minimum Gasteiger partial charge on any atom is -0.496 e. The molecule has 0 aliphatic rings. The van der Waals surface area contributed by atoms with Crippen molar-refractivity contribution < 1.29 is 4.74 Å². The number of benzene rings is 1. The molecule has 0 aliphatic heterocycles. The predicted octanol–water partition coefficient (Wildman–Crippen LogP) is 1.57. The van der Waals surface area contributed by atoms with Crippen molar-refractivity contribution in [3.8, 4) is 11.8 Å². The molecule has 1 aromatic heterocycles. The van der Waals surface area contributed by atoms with Gasteiger partial charge in [0.15, 0.2) is 0 Å². The van der Waals surface area contributed by atoms with E-state index in [1.165, 1.54) is 0 Å². The van der Waals surface area contributed by atoms with Crippen molar-refractivity contribution >= 4 is 0 Å². The Labute approximate surface area is 118 Å². The van der Waals surface area contributed by atoms with Crippen molar-refractivity contribution in [1.82, 2.24) is 14.9 Å². The van der Waals surface area contributed by atoms with Crippen LogP contribution in [0.3, 0.4) is 0 Å². The van der Waals surface area contributed by atoms with Gasteiger partial charge in [0.25, 0.3) is 0 Å². The summed E-state index contributed by atoms with van der Waals surface area (Å²) in [5.41, 5.74) is 2.66. The van der Waals surface area contributed by atoms with Gasteiger partial charge in [-0.2, -0.15) is 5.26 Å².